The van der Waals surface area contributed by atoms with Crippen molar-refractivity contribution in [3.8, 4) is 0 Å². The van der Waals surface area contributed by atoms with E-state index in [1.165, 1.54) is 11.3 Å². The molecule has 0 radical (unpaired) electrons. The topological polar surface area (TPSA) is 49.9 Å². The second-order valence-corrected chi connectivity index (χ2v) is 5.01. The van der Waals surface area contributed by atoms with E-state index in [1.807, 2.05) is 18.2 Å². The normalized spacial score (nSPS) is 17.9. The van der Waals surface area contributed by atoms with Crippen molar-refractivity contribution in [2.24, 2.45) is 0 Å². The molecular weight excluding hydrogens is 210 g/mol. The molecule has 4 heteroatoms. The van der Waals surface area contributed by atoms with Gasteiger partial charge in [0.2, 0.25) is 0 Å². The molecule has 1 aromatic heterocycles. The average molecular weight is 219 g/mol. The summed E-state index contributed by atoms with van der Waals surface area (Å²) in [6, 6.07) is 5.78. The number of fused-ring (bicyclic) bond motifs is 1. The number of nitrogens with one attached hydrogen (secondary N) is 1. The summed E-state index contributed by atoms with van der Waals surface area (Å²) in [5.41, 5.74) is 1.65. The van der Waals surface area contributed by atoms with Gasteiger partial charge in [-0.05, 0) is 30.5 Å². The number of carbonyl (C=O) groups is 1. The Hall–Kier alpha value is -1.42. The van der Waals surface area contributed by atoms with Crippen molar-refractivity contribution in [3.63, 3.8) is 0 Å². The third kappa shape index (κ3) is 1.25. The van der Waals surface area contributed by atoms with Crippen molar-refractivity contribution in [2.45, 2.75) is 18.3 Å². The van der Waals surface area contributed by atoms with E-state index in [0.29, 0.717) is 0 Å². The highest BCUT2D eigenvalue weighted by atomic mass is 32.1. The molecule has 1 aliphatic carbocycles. The highest BCUT2D eigenvalue weighted by Crippen LogP contribution is 2.46. The van der Waals surface area contributed by atoms with Crippen LogP contribution in [0.2, 0.25) is 0 Å². The maximum Gasteiger partial charge on any atom is 0.305 e. The first kappa shape index (κ1) is 8.85. The largest absolute Gasteiger partial charge is 0.312 e. The van der Waals surface area contributed by atoms with Crippen molar-refractivity contribution in [2.75, 3.05) is 0 Å². The number of aromatic nitrogens is 1. The van der Waals surface area contributed by atoms with Gasteiger partial charge in [-0.2, -0.15) is 0 Å². The summed E-state index contributed by atoms with van der Waals surface area (Å²) in [4.78, 5) is 24.8. The van der Waals surface area contributed by atoms with Crippen LogP contribution in [0.1, 0.15) is 18.4 Å². The first-order valence-electron chi connectivity index (χ1n) is 4.83. The molecule has 3 rings (SSSR count). The van der Waals surface area contributed by atoms with Crippen molar-refractivity contribution in [3.05, 3.63) is 33.4 Å². The Morgan fingerprint density at radius 2 is 2.20 bits per heavy atom. The Morgan fingerprint density at radius 1 is 1.40 bits per heavy atom. The van der Waals surface area contributed by atoms with Crippen molar-refractivity contribution < 1.29 is 4.79 Å². The molecule has 0 bridgehead atoms. The first-order valence-corrected chi connectivity index (χ1v) is 5.65. The van der Waals surface area contributed by atoms with Crippen LogP contribution < -0.4 is 4.87 Å². The highest BCUT2D eigenvalue weighted by molar-refractivity contribution is 7.16. The molecule has 0 saturated heterocycles. The Morgan fingerprint density at radius 3 is 2.87 bits per heavy atom. The summed E-state index contributed by atoms with van der Waals surface area (Å²) in [6.07, 6.45) is 2.90. The number of rotatable bonds is 2. The molecule has 76 valence electrons. The van der Waals surface area contributed by atoms with E-state index in [-0.39, 0.29) is 10.3 Å². The Labute approximate surface area is 89.8 Å². The molecule has 1 saturated carbocycles. The van der Waals surface area contributed by atoms with Gasteiger partial charge in [0.05, 0.1) is 15.6 Å². The van der Waals surface area contributed by atoms with Gasteiger partial charge >= 0.3 is 4.87 Å². The SMILES string of the molecule is O=CC1(c2ccc3[nH]c(=O)sc3c2)CC1. The third-order valence-corrected chi connectivity index (χ3v) is 3.86. The van der Waals surface area contributed by atoms with Crippen molar-refractivity contribution in [1.82, 2.24) is 4.98 Å². The minimum absolute atomic E-state index is 0.0434. The predicted octanol–water partition coefficient (Wildman–Crippen LogP) is 1.82. The number of thiazole rings is 1. The van der Waals surface area contributed by atoms with E-state index in [2.05, 4.69) is 4.98 Å². The number of benzene rings is 1. The second-order valence-electron chi connectivity index (χ2n) is 4.00. The van der Waals surface area contributed by atoms with E-state index >= 15 is 0 Å². The standard InChI is InChI=1S/C11H9NO2S/c13-6-11(3-4-11)7-1-2-8-9(5-7)15-10(14)12-8/h1-2,5-6H,3-4H2,(H,12,14). The molecule has 1 aliphatic rings. The molecule has 0 amide bonds. The van der Waals surface area contributed by atoms with Crippen LogP contribution in [0.15, 0.2) is 23.0 Å². The van der Waals surface area contributed by atoms with Gasteiger partial charge in [-0.3, -0.25) is 4.79 Å². The molecule has 1 aromatic carbocycles. The van der Waals surface area contributed by atoms with Gasteiger partial charge in [0.1, 0.15) is 6.29 Å². The minimum Gasteiger partial charge on any atom is -0.312 e. The molecule has 0 spiro atoms. The smallest absolute Gasteiger partial charge is 0.305 e. The zero-order valence-corrected chi connectivity index (χ0v) is 8.76. The molecule has 1 fully saturated rings. The molecule has 15 heavy (non-hydrogen) atoms. The van der Waals surface area contributed by atoms with Gasteiger partial charge in [0, 0.05) is 0 Å². The van der Waals surface area contributed by atoms with Crippen LogP contribution in [-0.4, -0.2) is 11.3 Å². The summed E-state index contributed by atoms with van der Waals surface area (Å²) < 4.78 is 0.936. The highest BCUT2D eigenvalue weighted by Gasteiger charge is 2.44. The van der Waals surface area contributed by atoms with Crippen LogP contribution >= 0.6 is 11.3 Å². The monoisotopic (exact) mass is 219 g/mol. The second kappa shape index (κ2) is 2.79. The lowest BCUT2D eigenvalue weighted by Crippen LogP contribution is -2.06. The first-order chi connectivity index (χ1) is 7.23. The van der Waals surface area contributed by atoms with Crippen molar-refractivity contribution in [1.29, 1.82) is 0 Å². The van der Waals surface area contributed by atoms with Gasteiger partial charge in [-0.15, -0.1) is 0 Å². The van der Waals surface area contributed by atoms with Gasteiger partial charge in [0.15, 0.2) is 0 Å². The van der Waals surface area contributed by atoms with Crippen LogP contribution in [0.3, 0.4) is 0 Å². The minimum atomic E-state index is -0.249. The molecule has 0 atom stereocenters. The van der Waals surface area contributed by atoms with E-state index in [0.717, 1.165) is 34.9 Å². The molecule has 1 N–H and O–H groups in total. The van der Waals surface area contributed by atoms with Gasteiger partial charge < -0.3 is 9.78 Å². The van der Waals surface area contributed by atoms with E-state index in [4.69, 9.17) is 0 Å². The fourth-order valence-electron chi connectivity index (χ4n) is 1.86. The van der Waals surface area contributed by atoms with Gasteiger partial charge in [-0.25, -0.2) is 0 Å². The molecule has 0 unspecified atom stereocenters. The lowest BCUT2D eigenvalue weighted by Gasteiger charge is -2.06. The van der Waals surface area contributed by atoms with Gasteiger partial charge in [-0.1, -0.05) is 17.4 Å². The molecular formula is C11H9NO2S. The Balaban J connectivity index is 2.21. The van der Waals surface area contributed by atoms with Crippen LogP contribution in [0.5, 0.6) is 0 Å². The lowest BCUT2D eigenvalue weighted by atomic mass is 9.98. The molecule has 0 aliphatic heterocycles. The lowest BCUT2D eigenvalue weighted by molar-refractivity contribution is -0.109. The number of hydrogen-bond acceptors (Lipinski definition) is 3. The zero-order valence-electron chi connectivity index (χ0n) is 7.95. The van der Waals surface area contributed by atoms with Crippen LogP contribution in [-0.2, 0) is 10.2 Å². The molecule has 1 heterocycles. The number of aromatic amines is 1. The van der Waals surface area contributed by atoms with E-state index in [1.54, 1.807) is 0 Å². The zero-order chi connectivity index (χ0) is 10.5. The predicted molar refractivity (Wildman–Crippen MR) is 59.4 cm³/mol. The number of hydrogen-bond donors (Lipinski definition) is 1. The van der Waals surface area contributed by atoms with Crippen molar-refractivity contribution >= 4 is 27.8 Å². The third-order valence-electron chi connectivity index (χ3n) is 3.01. The molecule has 3 nitrogen and oxygen atoms in total. The summed E-state index contributed by atoms with van der Waals surface area (Å²) in [6.45, 7) is 0. The maximum absolute atomic E-state index is 11.1. The maximum atomic E-state index is 11.1. The Bertz CT molecular complexity index is 592. The number of carbonyl (C=O) groups excluding carboxylic acids is 1. The quantitative estimate of drug-likeness (QED) is 0.783. The van der Waals surface area contributed by atoms with Gasteiger partial charge in [0.25, 0.3) is 0 Å². The summed E-state index contributed by atoms with van der Waals surface area (Å²) in [7, 11) is 0. The van der Waals surface area contributed by atoms with Crippen LogP contribution in [0, 0.1) is 0 Å². The summed E-state index contributed by atoms with van der Waals surface area (Å²) in [5, 5.41) is 0. The summed E-state index contributed by atoms with van der Waals surface area (Å²) in [5.74, 6) is 0. The number of H-pyrrole nitrogens is 1. The number of aldehydes is 1. The van der Waals surface area contributed by atoms with Crippen LogP contribution in [0.4, 0.5) is 0 Å². The fraction of sp³-hybridized carbons (Fsp3) is 0.273. The fourth-order valence-corrected chi connectivity index (χ4v) is 2.64. The van der Waals surface area contributed by atoms with E-state index in [9.17, 15) is 9.59 Å². The molecule has 2 aromatic rings. The average Bonchev–Trinajstić information content (AvgIpc) is 2.94. The van der Waals surface area contributed by atoms with E-state index < -0.39 is 0 Å². The summed E-state index contributed by atoms with van der Waals surface area (Å²) >= 11 is 1.19. The Kier molecular flexibility index (Phi) is 1.65. The van der Waals surface area contributed by atoms with Crippen LogP contribution in [0.25, 0.3) is 10.2 Å².